The third kappa shape index (κ3) is 4.77. The van der Waals surface area contributed by atoms with E-state index < -0.39 is 0 Å². The van der Waals surface area contributed by atoms with Gasteiger partial charge in [0.2, 0.25) is 11.8 Å². The molecule has 5 rings (SSSR count). The minimum absolute atomic E-state index is 0.0339. The molecule has 3 aromatic rings. The Morgan fingerprint density at radius 3 is 2.18 bits per heavy atom. The van der Waals surface area contributed by atoms with Crippen LogP contribution in [0.1, 0.15) is 12.2 Å². The number of piperazine rings is 1. The van der Waals surface area contributed by atoms with Crippen molar-refractivity contribution in [2.45, 2.75) is 13.0 Å². The monoisotopic (exact) mass is 499 g/mol. The summed E-state index contributed by atoms with van der Waals surface area (Å²) in [7, 11) is 0. The van der Waals surface area contributed by atoms with Crippen LogP contribution in [0.5, 0.6) is 0 Å². The first-order valence-corrected chi connectivity index (χ1v) is 11.8. The van der Waals surface area contributed by atoms with E-state index in [0.29, 0.717) is 49.3 Å². The van der Waals surface area contributed by atoms with Crippen molar-refractivity contribution in [2.24, 2.45) is 5.92 Å². The number of hydrogen-bond acceptors (Lipinski definition) is 6. The molecular weight excluding hydrogens is 477 g/mol. The van der Waals surface area contributed by atoms with Gasteiger partial charge < -0.3 is 9.80 Å². The smallest absolute Gasteiger partial charge is 0.228 e. The predicted molar refractivity (Wildman–Crippen MR) is 128 cm³/mol. The molecule has 176 valence electrons. The zero-order valence-corrected chi connectivity index (χ0v) is 19.9. The second-order valence-corrected chi connectivity index (χ2v) is 9.34. The van der Waals surface area contributed by atoms with Crippen LogP contribution in [-0.2, 0) is 16.1 Å². The predicted octanol–water partition coefficient (Wildman–Crippen LogP) is 2.67. The summed E-state index contributed by atoms with van der Waals surface area (Å²) in [5, 5.41) is 13.4. The average Bonchev–Trinajstić information content (AvgIpc) is 3.47. The zero-order chi connectivity index (χ0) is 23.7. The second-order valence-electron chi connectivity index (χ2n) is 8.47. The Morgan fingerprint density at radius 2 is 1.53 bits per heavy atom. The van der Waals surface area contributed by atoms with E-state index in [1.165, 1.54) is 0 Å². The van der Waals surface area contributed by atoms with Gasteiger partial charge in [-0.15, -0.1) is 5.10 Å². The molecule has 9 nitrogen and oxygen atoms in total. The number of halogens is 2. The number of amides is 2. The number of aromatic nitrogens is 4. The fourth-order valence-electron chi connectivity index (χ4n) is 4.42. The lowest BCUT2D eigenvalue weighted by atomic mass is 10.1. The van der Waals surface area contributed by atoms with Crippen molar-refractivity contribution >= 4 is 40.7 Å². The van der Waals surface area contributed by atoms with Gasteiger partial charge in [0.25, 0.3) is 0 Å². The molecule has 1 unspecified atom stereocenters. The van der Waals surface area contributed by atoms with E-state index in [9.17, 15) is 9.59 Å². The van der Waals surface area contributed by atoms with Crippen molar-refractivity contribution in [1.82, 2.24) is 30.0 Å². The van der Waals surface area contributed by atoms with Crippen LogP contribution in [0.3, 0.4) is 0 Å². The largest absolute Gasteiger partial charge is 0.340 e. The van der Waals surface area contributed by atoms with Gasteiger partial charge in [0.1, 0.15) is 0 Å². The standard InChI is InChI=1S/C23H23Cl2N7O2/c24-17-1-5-19(6-2-17)31-14-16(13-22(31)33)23(34)30-11-9-29(10-12-30)15-21-26-27-28-32(21)20-7-3-18(25)4-8-20/h1-8,16H,9-15H2. The van der Waals surface area contributed by atoms with Crippen LogP contribution in [-0.4, -0.2) is 74.5 Å². The molecule has 2 fully saturated rings. The summed E-state index contributed by atoms with van der Waals surface area (Å²) in [5.41, 5.74) is 1.61. The van der Waals surface area contributed by atoms with E-state index >= 15 is 0 Å². The Kier molecular flexibility index (Phi) is 6.49. The summed E-state index contributed by atoms with van der Waals surface area (Å²) in [6.45, 7) is 3.60. The molecule has 0 radical (unpaired) electrons. The molecule has 2 aliphatic heterocycles. The van der Waals surface area contributed by atoms with E-state index in [2.05, 4.69) is 20.4 Å². The zero-order valence-electron chi connectivity index (χ0n) is 18.3. The van der Waals surface area contributed by atoms with Crippen LogP contribution < -0.4 is 4.90 Å². The number of anilines is 1. The summed E-state index contributed by atoms with van der Waals surface area (Å²) in [6, 6.07) is 14.5. The first-order valence-electron chi connectivity index (χ1n) is 11.1. The molecule has 2 aliphatic rings. The molecule has 0 saturated carbocycles. The number of rotatable bonds is 5. The Balaban J connectivity index is 1.17. The fraction of sp³-hybridized carbons (Fsp3) is 0.348. The lowest BCUT2D eigenvalue weighted by molar-refractivity contribution is -0.137. The van der Waals surface area contributed by atoms with Gasteiger partial charge >= 0.3 is 0 Å². The highest BCUT2D eigenvalue weighted by molar-refractivity contribution is 6.30. The van der Waals surface area contributed by atoms with Crippen LogP contribution in [0.25, 0.3) is 5.69 Å². The van der Waals surface area contributed by atoms with Crippen molar-refractivity contribution in [3.8, 4) is 5.69 Å². The van der Waals surface area contributed by atoms with Gasteiger partial charge in [-0.3, -0.25) is 14.5 Å². The van der Waals surface area contributed by atoms with E-state index in [-0.39, 0.29) is 24.2 Å². The minimum Gasteiger partial charge on any atom is -0.340 e. The highest BCUT2D eigenvalue weighted by atomic mass is 35.5. The third-order valence-electron chi connectivity index (χ3n) is 6.27. The molecule has 0 bridgehead atoms. The highest BCUT2D eigenvalue weighted by Gasteiger charge is 2.38. The molecule has 2 aromatic carbocycles. The van der Waals surface area contributed by atoms with Crippen molar-refractivity contribution < 1.29 is 9.59 Å². The first-order chi connectivity index (χ1) is 16.5. The number of carbonyl (C=O) groups is 2. The van der Waals surface area contributed by atoms with E-state index in [1.807, 2.05) is 29.2 Å². The van der Waals surface area contributed by atoms with Crippen molar-refractivity contribution in [2.75, 3.05) is 37.6 Å². The quantitative estimate of drug-likeness (QED) is 0.536. The molecule has 3 heterocycles. The summed E-state index contributed by atoms with van der Waals surface area (Å²) >= 11 is 11.9. The molecule has 0 N–H and O–H groups in total. The molecule has 1 aromatic heterocycles. The van der Waals surface area contributed by atoms with E-state index in [1.54, 1.807) is 33.8 Å². The topological polar surface area (TPSA) is 87.5 Å². The number of tetrazole rings is 1. The third-order valence-corrected chi connectivity index (χ3v) is 6.77. The number of nitrogens with zero attached hydrogens (tertiary/aromatic N) is 7. The highest BCUT2D eigenvalue weighted by Crippen LogP contribution is 2.28. The number of hydrogen-bond donors (Lipinski definition) is 0. The molecule has 34 heavy (non-hydrogen) atoms. The van der Waals surface area contributed by atoms with Crippen molar-refractivity contribution in [3.63, 3.8) is 0 Å². The Labute approximate surface area is 206 Å². The van der Waals surface area contributed by atoms with Gasteiger partial charge in [-0.05, 0) is 59.0 Å². The van der Waals surface area contributed by atoms with Gasteiger partial charge in [-0.25, -0.2) is 0 Å². The fourth-order valence-corrected chi connectivity index (χ4v) is 4.67. The molecule has 11 heteroatoms. The minimum atomic E-state index is -0.327. The molecule has 0 aliphatic carbocycles. The first kappa shape index (κ1) is 22.8. The van der Waals surface area contributed by atoms with Crippen LogP contribution >= 0.6 is 23.2 Å². The van der Waals surface area contributed by atoms with Gasteiger partial charge in [0.05, 0.1) is 18.2 Å². The Morgan fingerprint density at radius 1 is 0.912 bits per heavy atom. The van der Waals surface area contributed by atoms with Crippen LogP contribution in [0.15, 0.2) is 48.5 Å². The maximum Gasteiger partial charge on any atom is 0.228 e. The molecule has 0 spiro atoms. The van der Waals surface area contributed by atoms with Crippen LogP contribution in [0, 0.1) is 5.92 Å². The van der Waals surface area contributed by atoms with Crippen LogP contribution in [0.2, 0.25) is 10.0 Å². The molecule has 1 atom stereocenters. The van der Waals surface area contributed by atoms with Gasteiger partial charge in [0, 0.05) is 54.9 Å². The maximum absolute atomic E-state index is 13.1. The SMILES string of the molecule is O=C(C1CC(=O)N(c2ccc(Cl)cc2)C1)N1CCN(Cc2nnnn2-c2ccc(Cl)cc2)CC1. The molecular formula is C23H23Cl2N7O2. The second kappa shape index (κ2) is 9.69. The summed E-state index contributed by atoms with van der Waals surface area (Å²) in [5.74, 6) is 0.401. The van der Waals surface area contributed by atoms with Gasteiger partial charge in [-0.2, -0.15) is 4.68 Å². The number of carbonyl (C=O) groups excluding carboxylic acids is 2. The molecule has 2 saturated heterocycles. The summed E-state index contributed by atoms with van der Waals surface area (Å²) in [6.07, 6.45) is 0.234. The van der Waals surface area contributed by atoms with E-state index in [4.69, 9.17) is 23.2 Å². The van der Waals surface area contributed by atoms with E-state index in [0.717, 1.165) is 17.2 Å². The average molecular weight is 500 g/mol. The number of benzene rings is 2. The Hall–Kier alpha value is -3.01. The maximum atomic E-state index is 13.1. The van der Waals surface area contributed by atoms with Crippen molar-refractivity contribution in [3.05, 3.63) is 64.4 Å². The summed E-state index contributed by atoms with van der Waals surface area (Å²) in [4.78, 5) is 31.4. The van der Waals surface area contributed by atoms with Crippen molar-refractivity contribution in [1.29, 1.82) is 0 Å². The van der Waals surface area contributed by atoms with Gasteiger partial charge in [-0.1, -0.05) is 23.2 Å². The van der Waals surface area contributed by atoms with Gasteiger partial charge in [0.15, 0.2) is 5.82 Å². The summed E-state index contributed by atoms with van der Waals surface area (Å²) < 4.78 is 1.70. The lowest BCUT2D eigenvalue weighted by Gasteiger charge is -2.35. The van der Waals surface area contributed by atoms with Crippen LogP contribution in [0.4, 0.5) is 5.69 Å². The lowest BCUT2D eigenvalue weighted by Crippen LogP contribution is -2.50. The normalized spacial score (nSPS) is 19.1. The Bertz CT molecular complexity index is 1170. The molecule has 2 amide bonds.